The standard InChI is InChI=1S/C39H79N2O7P/c1-3-5-7-9-11-12-13-14-15-16-17-18-19-20-21-22-23-25-26-28-30-36(42)34-39(44)41-37(35-48-49(45,46)47-33-32-40)38(43)31-29-27-24-10-8-6-4-2/h29,31,36-38,42-43H,3-28,30,32-35,40H2,1-2H3,(H,41,44)(H,45,46)/b31-29+. The van der Waals surface area contributed by atoms with Crippen LogP contribution in [0.5, 0.6) is 0 Å². The lowest BCUT2D eigenvalue weighted by Gasteiger charge is -2.24. The molecule has 10 heteroatoms. The predicted molar refractivity (Wildman–Crippen MR) is 204 cm³/mol. The number of allylic oxidation sites excluding steroid dienone is 1. The third kappa shape index (κ3) is 34.1. The molecule has 0 aliphatic heterocycles. The number of rotatable bonds is 38. The summed E-state index contributed by atoms with van der Waals surface area (Å²) in [6, 6.07) is -0.974. The summed E-state index contributed by atoms with van der Waals surface area (Å²) in [4.78, 5) is 22.6. The van der Waals surface area contributed by atoms with E-state index in [0.29, 0.717) is 6.42 Å². The molecule has 0 spiro atoms. The number of hydrogen-bond acceptors (Lipinski definition) is 7. The van der Waals surface area contributed by atoms with Gasteiger partial charge >= 0.3 is 7.82 Å². The predicted octanol–water partition coefficient (Wildman–Crippen LogP) is 9.80. The zero-order valence-electron chi connectivity index (χ0n) is 31.8. The van der Waals surface area contributed by atoms with E-state index in [4.69, 9.17) is 14.8 Å². The van der Waals surface area contributed by atoms with Crippen LogP contribution in [0, 0.1) is 0 Å². The number of phosphoric acid groups is 1. The van der Waals surface area contributed by atoms with Gasteiger partial charge in [0.25, 0.3) is 0 Å². The Balaban J connectivity index is 4.09. The maximum Gasteiger partial charge on any atom is 0.472 e. The van der Waals surface area contributed by atoms with E-state index in [2.05, 4.69) is 19.2 Å². The largest absolute Gasteiger partial charge is 0.472 e. The zero-order valence-corrected chi connectivity index (χ0v) is 32.7. The first-order chi connectivity index (χ1) is 23.8. The summed E-state index contributed by atoms with van der Waals surface area (Å²) in [6.45, 7) is 3.91. The summed E-state index contributed by atoms with van der Waals surface area (Å²) in [5, 5.41) is 23.8. The summed E-state index contributed by atoms with van der Waals surface area (Å²) in [6.07, 6.45) is 34.7. The summed E-state index contributed by atoms with van der Waals surface area (Å²) < 4.78 is 21.9. The van der Waals surface area contributed by atoms with Crippen molar-refractivity contribution in [2.45, 2.75) is 212 Å². The van der Waals surface area contributed by atoms with Crippen LogP contribution in [0.3, 0.4) is 0 Å². The van der Waals surface area contributed by atoms with Gasteiger partial charge in [0.15, 0.2) is 0 Å². The van der Waals surface area contributed by atoms with E-state index >= 15 is 0 Å². The number of unbranched alkanes of at least 4 members (excludes halogenated alkanes) is 24. The summed E-state index contributed by atoms with van der Waals surface area (Å²) in [7, 11) is -4.38. The smallest absolute Gasteiger partial charge is 0.393 e. The fourth-order valence-electron chi connectivity index (χ4n) is 6.06. The number of nitrogens with one attached hydrogen (secondary N) is 1. The molecule has 292 valence electrons. The molecule has 4 unspecified atom stereocenters. The first-order valence-corrected chi connectivity index (χ1v) is 21.9. The molecule has 0 saturated heterocycles. The zero-order chi connectivity index (χ0) is 36.3. The molecule has 9 nitrogen and oxygen atoms in total. The lowest BCUT2D eigenvalue weighted by atomic mass is 10.0. The Morgan fingerprint density at radius 2 is 1.12 bits per heavy atom. The molecule has 49 heavy (non-hydrogen) atoms. The Hall–Kier alpha value is -0.800. The molecule has 4 atom stereocenters. The number of amides is 1. The normalized spacial score (nSPS) is 15.0. The molecule has 0 bridgehead atoms. The van der Waals surface area contributed by atoms with Gasteiger partial charge in [-0.05, 0) is 19.3 Å². The van der Waals surface area contributed by atoms with E-state index < -0.39 is 38.6 Å². The van der Waals surface area contributed by atoms with Gasteiger partial charge in [0.1, 0.15) is 0 Å². The van der Waals surface area contributed by atoms with Gasteiger partial charge in [-0.3, -0.25) is 13.8 Å². The molecule has 0 aromatic rings. The second-order valence-electron chi connectivity index (χ2n) is 14.0. The van der Waals surface area contributed by atoms with Gasteiger partial charge in [0.2, 0.25) is 5.91 Å². The van der Waals surface area contributed by atoms with Gasteiger partial charge in [-0.2, -0.15) is 0 Å². The van der Waals surface area contributed by atoms with Crippen LogP contribution in [0.1, 0.15) is 194 Å². The Labute approximate surface area is 301 Å². The second-order valence-corrected chi connectivity index (χ2v) is 15.5. The van der Waals surface area contributed by atoms with Crippen molar-refractivity contribution in [1.82, 2.24) is 5.32 Å². The molecular formula is C39H79N2O7P. The Morgan fingerprint density at radius 1 is 0.694 bits per heavy atom. The summed E-state index contributed by atoms with van der Waals surface area (Å²) >= 11 is 0. The topological polar surface area (TPSA) is 151 Å². The maximum absolute atomic E-state index is 12.7. The number of phosphoric ester groups is 1. The van der Waals surface area contributed by atoms with Gasteiger partial charge in [-0.25, -0.2) is 4.57 Å². The molecule has 1 amide bonds. The fraction of sp³-hybridized carbons (Fsp3) is 0.923. The number of nitrogens with two attached hydrogens (primary N) is 1. The molecule has 0 aromatic heterocycles. The minimum atomic E-state index is -4.38. The molecule has 0 aliphatic rings. The monoisotopic (exact) mass is 719 g/mol. The average molecular weight is 719 g/mol. The van der Waals surface area contributed by atoms with Crippen molar-refractivity contribution in [1.29, 1.82) is 0 Å². The minimum Gasteiger partial charge on any atom is -0.393 e. The van der Waals surface area contributed by atoms with Crippen molar-refractivity contribution in [2.75, 3.05) is 19.8 Å². The van der Waals surface area contributed by atoms with Crippen LogP contribution in [-0.4, -0.2) is 59.0 Å². The van der Waals surface area contributed by atoms with Crippen molar-refractivity contribution in [3.63, 3.8) is 0 Å². The van der Waals surface area contributed by atoms with E-state index in [0.717, 1.165) is 38.5 Å². The highest BCUT2D eigenvalue weighted by Gasteiger charge is 2.27. The van der Waals surface area contributed by atoms with Crippen molar-refractivity contribution in [3.05, 3.63) is 12.2 Å². The number of aliphatic hydroxyl groups is 2. The van der Waals surface area contributed by atoms with Crippen LogP contribution >= 0.6 is 7.82 Å². The average Bonchev–Trinajstić information content (AvgIpc) is 3.07. The highest BCUT2D eigenvalue weighted by atomic mass is 31.2. The fourth-order valence-corrected chi connectivity index (χ4v) is 6.82. The molecule has 0 aliphatic carbocycles. The van der Waals surface area contributed by atoms with E-state index in [1.165, 1.54) is 128 Å². The quantitative estimate of drug-likeness (QED) is 0.0240. The molecule has 6 N–H and O–H groups in total. The highest BCUT2D eigenvalue weighted by molar-refractivity contribution is 7.47. The molecular weight excluding hydrogens is 639 g/mol. The van der Waals surface area contributed by atoms with Crippen molar-refractivity contribution in [3.8, 4) is 0 Å². The van der Waals surface area contributed by atoms with Gasteiger partial charge in [0.05, 0.1) is 37.9 Å². The van der Waals surface area contributed by atoms with Crippen LogP contribution in [0.15, 0.2) is 12.2 Å². The van der Waals surface area contributed by atoms with Crippen molar-refractivity contribution < 1.29 is 33.5 Å². The second kappa shape index (κ2) is 35.6. The van der Waals surface area contributed by atoms with Crippen LogP contribution in [0.25, 0.3) is 0 Å². The van der Waals surface area contributed by atoms with Gasteiger partial charge in [-0.1, -0.05) is 180 Å². The molecule has 0 radical (unpaired) electrons. The van der Waals surface area contributed by atoms with Gasteiger partial charge in [-0.15, -0.1) is 0 Å². The number of carbonyl (C=O) groups excluding carboxylic acids is 1. The minimum absolute atomic E-state index is 0.0507. The van der Waals surface area contributed by atoms with Crippen molar-refractivity contribution >= 4 is 13.7 Å². The Kier molecular flexibility index (Phi) is 35.0. The summed E-state index contributed by atoms with van der Waals surface area (Å²) in [5.41, 5.74) is 5.33. The van der Waals surface area contributed by atoms with E-state index in [9.17, 15) is 24.5 Å². The third-order valence-corrected chi connectivity index (χ3v) is 10.2. The van der Waals surface area contributed by atoms with Crippen LogP contribution in [0.4, 0.5) is 0 Å². The van der Waals surface area contributed by atoms with Gasteiger partial charge in [0, 0.05) is 6.54 Å². The maximum atomic E-state index is 12.7. The van der Waals surface area contributed by atoms with E-state index in [-0.39, 0.29) is 19.6 Å². The lowest BCUT2D eigenvalue weighted by Crippen LogP contribution is -2.46. The molecule has 0 heterocycles. The summed E-state index contributed by atoms with van der Waals surface area (Å²) in [5.74, 6) is -0.447. The first-order valence-electron chi connectivity index (χ1n) is 20.4. The molecule has 0 saturated carbocycles. The van der Waals surface area contributed by atoms with Crippen LogP contribution in [0.2, 0.25) is 0 Å². The van der Waals surface area contributed by atoms with Crippen LogP contribution < -0.4 is 11.1 Å². The highest BCUT2D eigenvalue weighted by Crippen LogP contribution is 2.43. The van der Waals surface area contributed by atoms with E-state index in [1.54, 1.807) is 6.08 Å². The third-order valence-electron chi connectivity index (χ3n) is 9.17. The van der Waals surface area contributed by atoms with Gasteiger partial charge < -0.3 is 26.2 Å². The Morgan fingerprint density at radius 3 is 1.57 bits per heavy atom. The number of hydrogen-bond donors (Lipinski definition) is 5. The molecule has 0 aromatic carbocycles. The van der Waals surface area contributed by atoms with E-state index in [1.807, 2.05) is 6.08 Å². The number of aliphatic hydroxyl groups excluding tert-OH is 2. The Bertz CT molecular complexity index is 801. The van der Waals surface area contributed by atoms with Crippen LogP contribution in [-0.2, 0) is 18.4 Å². The van der Waals surface area contributed by atoms with Crippen molar-refractivity contribution in [2.24, 2.45) is 5.73 Å². The molecule has 0 rings (SSSR count). The molecule has 0 fully saturated rings. The SMILES string of the molecule is CCCCCCC/C=C/C(O)C(COP(=O)(O)OCCN)NC(=O)CC(O)CCCCCCCCCCCCCCCCCCCCCC. The lowest BCUT2D eigenvalue weighted by molar-refractivity contribution is -0.124. The first kappa shape index (κ1) is 48.2. The number of carbonyl (C=O) groups is 1.